The number of hydrogen-bond acceptors (Lipinski definition) is 29. The number of carbonyl (C=O) groups is 5. The van der Waals surface area contributed by atoms with E-state index in [-0.39, 0.29) is 124 Å². The van der Waals surface area contributed by atoms with Crippen LogP contribution in [0, 0.1) is 46.4 Å². The summed E-state index contributed by atoms with van der Waals surface area (Å²) < 4.78 is 21.5. The molecule has 0 unspecified atom stereocenters. The molecule has 33 nitrogen and oxygen atoms in total. The molecular weight excluding hydrogens is 1730 g/mol. The van der Waals surface area contributed by atoms with Gasteiger partial charge in [0.1, 0.15) is 45.1 Å². The molecule has 3 heterocycles. The van der Waals surface area contributed by atoms with Gasteiger partial charge in [0.15, 0.2) is 17.9 Å². The third kappa shape index (κ3) is 44.5. The number of rotatable bonds is 21. The van der Waals surface area contributed by atoms with Crippen LogP contribution >= 0.6 is 54.5 Å². The number of pyridine rings is 2. The first-order valence-corrected chi connectivity index (χ1v) is 37.0. The maximum Gasteiger partial charge on any atom is 1.00 e. The van der Waals surface area contributed by atoms with Crippen molar-refractivity contribution in [1.82, 2.24) is 19.9 Å². The smallest absolute Gasteiger partial charge is 0.508 e. The van der Waals surface area contributed by atoms with Gasteiger partial charge in [0.25, 0.3) is 11.4 Å². The number of halogens is 3. The summed E-state index contributed by atoms with van der Waals surface area (Å²) in [5, 5.41) is 83.1. The number of carboxylic acids is 1. The van der Waals surface area contributed by atoms with Crippen LogP contribution in [0.4, 0.5) is 28.8 Å². The molecule has 8 aromatic rings. The molecular formula is C76H103Br2IN11NaO22. The fourth-order valence-electron chi connectivity index (χ4n) is 8.52. The second kappa shape index (κ2) is 62.0. The van der Waals surface area contributed by atoms with Gasteiger partial charge in [0.2, 0.25) is 18.5 Å². The summed E-state index contributed by atoms with van der Waals surface area (Å²) in [6.07, 6.45) is 5.20. The van der Waals surface area contributed by atoms with Crippen LogP contribution in [0.1, 0.15) is 161 Å². The summed E-state index contributed by atoms with van der Waals surface area (Å²) in [5.41, 5.74) is 24.8. The normalized spacial score (nSPS) is 10.0. The fourth-order valence-corrected chi connectivity index (χ4v) is 8.78. The van der Waals surface area contributed by atoms with E-state index in [1.165, 1.54) is 36.0 Å². The van der Waals surface area contributed by atoms with Crippen LogP contribution in [0.15, 0.2) is 136 Å². The number of nitrogens with zero attached hydrogens (tertiary/aromatic N) is 8. The third-order valence-corrected chi connectivity index (χ3v) is 15.7. The van der Waals surface area contributed by atoms with E-state index < -0.39 is 32.9 Å². The number of nitrogen functional groups attached to an aromatic ring is 3. The van der Waals surface area contributed by atoms with Crippen molar-refractivity contribution in [1.29, 1.82) is 0 Å². The molecule has 37 heteroatoms. The van der Waals surface area contributed by atoms with Crippen molar-refractivity contribution in [2.45, 2.75) is 146 Å². The number of methoxy groups -OCH3 is 3. The van der Waals surface area contributed by atoms with Crippen LogP contribution < -0.4 is 65.7 Å². The first-order chi connectivity index (χ1) is 52.1. The average Bonchev–Trinajstić information content (AvgIpc) is 0.767. The Hall–Kier alpha value is -9.54. The largest absolute Gasteiger partial charge is 1.00 e. The molecule has 0 saturated heterocycles. The number of ketones is 1. The Balaban J connectivity index is -0.000000393. The van der Waals surface area contributed by atoms with Crippen molar-refractivity contribution in [3.63, 3.8) is 0 Å². The van der Waals surface area contributed by atoms with Gasteiger partial charge in [-0.05, 0) is 163 Å². The zero-order valence-electron chi connectivity index (χ0n) is 65.6. The van der Waals surface area contributed by atoms with Gasteiger partial charge in [-0.25, -0.2) is 9.78 Å². The van der Waals surface area contributed by atoms with E-state index in [9.17, 15) is 59.4 Å². The molecule has 11 N–H and O–H groups in total. The van der Waals surface area contributed by atoms with Crippen LogP contribution in [0.5, 0.6) is 34.5 Å². The first kappa shape index (κ1) is 112. The maximum atomic E-state index is 10.5. The van der Waals surface area contributed by atoms with Crippen molar-refractivity contribution < 1.29 is 113 Å². The van der Waals surface area contributed by atoms with Crippen molar-refractivity contribution in [3.8, 4) is 34.5 Å². The number of carbonyl (C=O) groups excluding carboxylic acids is 4. The summed E-state index contributed by atoms with van der Waals surface area (Å²) in [7, 11) is 4.95. The van der Waals surface area contributed by atoms with Crippen LogP contribution in [0.25, 0.3) is 21.8 Å². The summed E-state index contributed by atoms with van der Waals surface area (Å²) in [5.74, 6) is 5.23. The van der Waals surface area contributed by atoms with Crippen LogP contribution in [0.3, 0.4) is 0 Å². The number of nitro groups is 3. The molecule has 0 saturated carbocycles. The molecule has 113 heavy (non-hydrogen) atoms. The van der Waals surface area contributed by atoms with Gasteiger partial charge in [-0.2, -0.15) is 4.98 Å². The number of nitrogens with two attached hydrogens (primary N) is 3. The number of non-ortho nitro benzene ring substituents is 2. The van der Waals surface area contributed by atoms with Gasteiger partial charge in [-0.15, -0.1) is 5.34 Å². The molecule has 0 atom stereocenters. The number of Topliss-reactive ketones (excluding diaryl/α,β-unsaturated/α-hetero) is 1. The van der Waals surface area contributed by atoms with E-state index >= 15 is 0 Å². The Morgan fingerprint density at radius 2 is 0.991 bits per heavy atom. The SMILES string of the molecule is C.CC(=O)CC(C)C.CC(C)c1cc([N+](=O)[O-])ccc1O.CC(C)c1cc2ncccc2cc1Oc1cnc(N)nc1N.CI.COc1cc2cccnc2cc1C(C)C.COc1ccc(N)cc1C(C)C.COc1ccc([N+](=O)[O-])cc1C(C)C.O=C/C(Br)=C(/Br)C(=O)O.O=CC(C=O)[N+](=O)[O-].O=N[O-].OCC(O)CO.[Na+]. The van der Waals surface area contributed by atoms with Gasteiger partial charge < -0.3 is 76.6 Å². The standard InChI is InChI=1S/C16H17N5O.C13H15NO.C10H13NO3.C10H15NO.C9H11NO3.C6H12O.C4H2Br2O3.C3H3NO4.C3H8O3.CH3I.CH4.HNO2.Na/c1-9(2)11-7-12-10(4-3-5-19-12)6-13(11)22-14-8-20-16(18)21-15(14)17;1-9(2)11-8-12-10(5-4-6-14-12)7-13(11)15-3;1-7(2)9-6-8(11(12)13)4-5-10(9)14-3;1-7(2)9-6-8(11)4-5-10(9)12-3;1-6(2)8-5-7(10(12)13)3-4-9(8)11;1-5(2)4-6(3)7;5-2(1-7)3(6)4(8)9;5-1-3(2-6)4(7)8;4-1-3(6)2-5;1-2;;2-1-3;/h3-9H,1-2H3,(H4,17,18,20,21);4-9H,1-3H3;4-7H,1-3H3;4-7H,11H2,1-3H3;3-6,11H,1-2H3;5H,4H2,1-3H3;1H,(H,8,9);1-3H;3-6H,1-2H2;1H3;1H4;(H,2,3);/q;;;;;;;;;;;;+1/p-1/b;;;;;;3-2-;;;;;;. The number of aliphatic hydroxyl groups is 3. The van der Waals surface area contributed by atoms with Gasteiger partial charge >= 0.3 is 41.6 Å². The molecule has 8 rings (SSSR count). The second-order valence-corrected chi connectivity index (χ2v) is 26.1. The number of aliphatic hydroxyl groups excluding tert-OH is 3. The third-order valence-electron chi connectivity index (χ3n) is 13.9. The zero-order chi connectivity index (χ0) is 86.0. The van der Waals surface area contributed by atoms with E-state index in [0.717, 1.165) is 73.2 Å². The maximum absolute atomic E-state index is 10.5. The molecule has 0 bridgehead atoms. The van der Waals surface area contributed by atoms with Gasteiger partial charge in [0.05, 0.1) is 66.1 Å². The quantitative estimate of drug-likeness (QED) is 0.00316. The van der Waals surface area contributed by atoms with Crippen molar-refractivity contribution in [2.24, 2.45) is 11.3 Å². The molecule has 0 aliphatic rings. The molecule has 0 spiro atoms. The number of aldehydes is 3. The molecule has 3 aromatic heterocycles. The topological polar surface area (TPSA) is 535 Å². The number of hydrogen-bond donors (Lipinski definition) is 8. The van der Waals surface area contributed by atoms with E-state index in [1.807, 2.05) is 101 Å². The summed E-state index contributed by atoms with van der Waals surface area (Å²) in [6.45, 7) is 25.4. The number of aromatic hydroxyl groups is 1. The molecule has 616 valence electrons. The Bertz CT molecular complexity index is 4250. The monoisotopic (exact) mass is 1830 g/mol. The number of phenolic OH excluding ortho intramolecular Hbond substituents is 1. The second-order valence-electron chi connectivity index (χ2n) is 24.4. The Labute approximate surface area is 710 Å². The number of allylic oxidation sites excluding steroid dienone is 1. The number of anilines is 3. The summed E-state index contributed by atoms with van der Waals surface area (Å²) in [6, 6.07) is 28.7. The van der Waals surface area contributed by atoms with Gasteiger partial charge in [-0.3, -0.25) is 54.7 Å². The first-order valence-electron chi connectivity index (χ1n) is 33.3. The number of fused-ring (bicyclic) bond motifs is 2. The van der Waals surface area contributed by atoms with Crippen LogP contribution in [-0.4, -0.2) is 142 Å². The Morgan fingerprint density at radius 1 is 0.602 bits per heavy atom. The number of ether oxygens (including phenoxy) is 4. The zero-order valence-corrected chi connectivity index (χ0v) is 73.0. The minimum Gasteiger partial charge on any atom is -0.508 e. The van der Waals surface area contributed by atoms with E-state index in [4.69, 9.17) is 66.7 Å². The van der Waals surface area contributed by atoms with Crippen molar-refractivity contribution in [2.75, 3.05) is 56.7 Å². The molecule has 0 amide bonds. The predicted octanol–water partition coefficient (Wildman–Crippen LogP) is 13.2. The number of carboxylic acid groups (broad SMARTS) is 1. The number of nitro benzene ring substituents is 2. The van der Waals surface area contributed by atoms with E-state index in [0.29, 0.717) is 41.1 Å². The van der Waals surface area contributed by atoms with Crippen LogP contribution in [0.2, 0.25) is 0 Å². The minimum atomic E-state index is -1.69. The average molecular weight is 1830 g/mol. The summed E-state index contributed by atoms with van der Waals surface area (Å²) >= 11 is 7.55. The fraction of sp³-hybridized carbons (Fsp3) is 0.382. The van der Waals surface area contributed by atoms with Gasteiger partial charge in [0, 0.05) is 75.6 Å². The van der Waals surface area contributed by atoms with E-state index in [2.05, 4.69) is 134 Å². The number of benzene rings is 5. The molecule has 0 fully saturated rings. The van der Waals surface area contributed by atoms with Crippen molar-refractivity contribution in [3.05, 3.63) is 199 Å². The minimum absolute atomic E-state index is 0. The predicted molar refractivity (Wildman–Crippen MR) is 451 cm³/mol. The van der Waals surface area contributed by atoms with Gasteiger partial charge in [-0.1, -0.05) is 125 Å². The number of aliphatic carboxylic acids is 1. The molecule has 0 radical (unpaired) electrons. The number of phenols is 1. The Kier molecular flexibility index (Phi) is 61.4. The van der Waals surface area contributed by atoms with E-state index in [1.54, 1.807) is 46.6 Å². The van der Waals surface area contributed by atoms with Crippen molar-refractivity contribution >= 4 is 136 Å². The molecule has 0 aliphatic carbocycles. The summed E-state index contributed by atoms with van der Waals surface area (Å²) in [4.78, 5) is 104. The van der Waals surface area contributed by atoms with Crippen LogP contribution in [-0.2, 0) is 24.0 Å². The number of alkyl halides is 1. The molecule has 0 aliphatic heterocycles. The Morgan fingerprint density at radius 3 is 1.31 bits per heavy atom. The molecule has 5 aromatic carbocycles. The number of aromatic nitrogens is 4.